The van der Waals surface area contributed by atoms with E-state index in [9.17, 15) is 14.4 Å². The highest BCUT2D eigenvalue weighted by Gasteiger charge is 2.34. The molecule has 0 radical (unpaired) electrons. The molecule has 8 heteroatoms. The first-order chi connectivity index (χ1) is 14.4. The summed E-state index contributed by atoms with van der Waals surface area (Å²) >= 11 is 6.10. The zero-order chi connectivity index (χ0) is 21.4. The number of halogens is 1. The number of rotatable bonds is 3. The summed E-state index contributed by atoms with van der Waals surface area (Å²) in [6.07, 6.45) is 3.08. The van der Waals surface area contributed by atoms with Crippen LogP contribution in [-0.2, 0) is 4.79 Å². The van der Waals surface area contributed by atoms with Gasteiger partial charge in [-0.05, 0) is 31.5 Å². The van der Waals surface area contributed by atoms with Gasteiger partial charge in [-0.1, -0.05) is 29.8 Å². The molecule has 3 heterocycles. The number of carbonyl (C=O) groups is 3. The maximum absolute atomic E-state index is 13.0. The van der Waals surface area contributed by atoms with Gasteiger partial charge in [0.05, 0.1) is 11.1 Å². The van der Waals surface area contributed by atoms with Crippen molar-refractivity contribution in [3.8, 4) is 0 Å². The molecule has 2 amide bonds. The molecule has 1 aromatic carbocycles. The summed E-state index contributed by atoms with van der Waals surface area (Å²) in [6.45, 7) is 4.67. The van der Waals surface area contributed by atoms with Crippen molar-refractivity contribution in [1.29, 1.82) is 0 Å². The smallest absolute Gasteiger partial charge is 0.295 e. The van der Waals surface area contributed by atoms with Gasteiger partial charge in [-0.25, -0.2) is 4.98 Å². The van der Waals surface area contributed by atoms with Gasteiger partial charge >= 0.3 is 0 Å². The average molecular weight is 425 g/mol. The van der Waals surface area contributed by atoms with Gasteiger partial charge in [-0.3, -0.25) is 14.4 Å². The second-order valence-corrected chi connectivity index (χ2v) is 7.84. The zero-order valence-corrected chi connectivity index (χ0v) is 17.4. The number of nitrogens with zero attached hydrogens (tertiary/aromatic N) is 3. The Morgan fingerprint density at radius 2 is 1.90 bits per heavy atom. The first kappa shape index (κ1) is 20.1. The molecule has 1 atom stereocenters. The normalized spacial score (nSPS) is 16.7. The fourth-order valence-corrected chi connectivity index (χ4v) is 4.10. The second kappa shape index (κ2) is 7.91. The molecule has 1 fully saturated rings. The van der Waals surface area contributed by atoms with Gasteiger partial charge in [0.25, 0.3) is 17.6 Å². The maximum atomic E-state index is 13.0. The number of aromatic nitrogens is 2. The summed E-state index contributed by atoms with van der Waals surface area (Å²) in [5.41, 5.74) is 2.20. The summed E-state index contributed by atoms with van der Waals surface area (Å²) in [5.74, 6) is -1.25. The molecular formula is C22H21ClN4O3. The van der Waals surface area contributed by atoms with Gasteiger partial charge in [-0.2, -0.15) is 0 Å². The van der Waals surface area contributed by atoms with Crippen molar-refractivity contribution < 1.29 is 14.4 Å². The van der Waals surface area contributed by atoms with Gasteiger partial charge in [-0.15, -0.1) is 0 Å². The van der Waals surface area contributed by atoms with Crippen molar-refractivity contribution in [2.24, 2.45) is 0 Å². The van der Waals surface area contributed by atoms with E-state index in [-0.39, 0.29) is 22.7 Å². The Bertz CT molecular complexity index is 1140. The van der Waals surface area contributed by atoms with E-state index in [4.69, 9.17) is 11.6 Å². The molecule has 1 saturated heterocycles. The first-order valence-electron chi connectivity index (χ1n) is 9.70. The predicted molar refractivity (Wildman–Crippen MR) is 114 cm³/mol. The Morgan fingerprint density at radius 1 is 1.17 bits per heavy atom. The molecule has 7 nitrogen and oxygen atoms in total. The van der Waals surface area contributed by atoms with Crippen LogP contribution in [0.25, 0.3) is 10.9 Å². The van der Waals surface area contributed by atoms with E-state index in [1.54, 1.807) is 23.2 Å². The van der Waals surface area contributed by atoms with E-state index in [0.717, 1.165) is 5.56 Å². The van der Waals surface area contributed by atoms with Crippen molar-refractivity contribution in [1.82, 2.24) is 19.8 Å². The van der Waals surface area contributed by atoms with Crippen LogP contribution in [0.3, 0.4) is 0 Å². The lowest BCUT2D eigenvalue weighted by atomic mass is 10.0. The van der Waals surface area contributed by atoms with Gasteiger partial charge in [0, 0.05) is 49.0 Å². The molecule has 1 unspecified atom stereocenters. The van der Waals surface area contributed by atoms with E-state index in [1.165, 1.54) is 11.1 Å². The van der Waals surface area contributed by atoms with Crippen LogP contribution >= 0.6 is 11.6 Å². The fraction of sp³-hybridized carbons (Fsp3) is 0.273. The van der Waals surface area contributed by atoms with Crippen molar-refractivity contribution >= 4 is 40.1 Å². The summed E-state index contributed by atoms with van der Waals surface area (Å²) in [4.78, 5) is 48.9. The van der Waals surface area contributed by atoms with Crippen LogP contribution in [0.15, 0.2) is 42.7 Å². The van der Waals surface area contributed by atoms with E-state index in [1.807, 2.05) is 32.0 Å². The van der Waals surface area contributed by atoms with Crippen LogP contribution in [0.5, 0.6) is 0 Å². The van der Waals surface area contributed by atoms with Gasteiger partial charge in [0.15, 0.2) is 5.15 Å². The molecule has 1 N–H and O–H groups in total. The predicted octanol–water partition coefficient (Wildman–Crippen LogP) is 3.08. The molecule has 0 aliphatic carbocycles. The third kappa shape index (κ3) is 3.45. The molecule has 30 heavy (non-hydrogen) atoms. The van der Waals surface area contributed by atoms with Gasteiger partial charge < -0.3 is 14.8 Å². The third-order valence-corrected chi connectivity index (χ3v) is 5.77. The van der Waals surface area contributed by atoms with Crippen LogP contribution in [-0.4, -0.2) is 63.0 Å². The number of benzene rings is 1. The number of aryl methyl sites for hydroxylation is 1. The Labute approximate surface area is 178 Å². The average Bonchev–Trinajstić information content (AvgIpc) is 3.22. The minimum absolute atomic E-state index is 0.0732. The number of hydrogen-bond acceptors (Lipinski definition) is 4. The largest absolute Gasteiger partial charge is 0.358 e. The van der Waals surface area contributed by atoms with Crippen LogP contribution in [0, 0.1) is 6.92 Å². The Hall–Kier alpha value is -3.19. The van der Waals surface area contributed by atoms with E-state index >= 15 is 0 Å². The molecule has 3 aromatic rings. The monoisotopic (exact) mass is 424 g/mol. The minimum Gasteiger partial charge on any atom is -0.358 e. The molecule has 0 bridgehead atoms. The van der Waals surface area contributed by atoms with Crippen LogP contribution in [0.1, 0.15) is 33.2 Å². The lowest BCUT2D eigenvalue weighted by molar-refractivity contribution is -0.128. The maximum Gasteiger partial charge on any atom is 0.295 e. The standard InChI is InChI=1S/C22H21ClN4O3/c1-13-10-25-20(23)18-17(13)16(11-24-18)19(28)22(30)26-8-9-27(14(2)12-26)21(29)15-6-4-3-5-7-15/h3-7,10-11,14,24H,8-9,12H2,1-2H3. The molecule has 2 aromatic heterocycles. The van der Waals surface area contributed by atoms with Gasteiger partial charge in [0.1, 0.15) is 0 Å². The number of H-pyrrole nitrogens is 1. The summed E-state index contributed by atoms with van der Waals surface area (Å²) < 4.78 is 0. The number of carbonyl (C=O) groups excluding carboxylic acids is 3. The first-order valence-corrected chi connectivity index (χ1v) is 10.1. The summed E-state index contributed by atoms with van der Waals surface area (Å²) in [7, 11) is 0. The number of amides is 2. The van der Waals surface area contributed by atoms with Crippen LogP contribution < -0.4 is 0 Å². The molecule has 4 rings (SSSR count). The number of nitrogens with one attached hydrogen (secondary N) is 1. The van der Waals surface area contributed by atoms with Crippen LogP contribution in [0.2, 0.25) is 5.15 Å². The lowest BCUT2D eigenvalue weighted by Crippen LogP contribution is -2.56. The Kier molecular flexibility index (Phi) is 5.30. The summed E-state index contributed by atoms with van der Waals surface area (Å²) in [5, 5.41) is 0.864. The molecule has 154 valence electrons. The molecule has 0 saturated carbocycles. The molecular weight excluding hydrogens is 404 g/mol. The highest BCUT2D eigenvalue weighted by molar-refractivity contribution is 6.45. The van der Waals surface area contributed by atoms with Crippen molar-refractivity contribution in [3.63, 3.8) is 0 Å². The van der Waals surface area contributed by atoms with Crippen LogP contribution in [0.4, 0.5) is 0 Å². The lowest BCUT2D eigenvalue weighted by Gasteiger charge is -2.39. The molecule has 0 spiro atoms. The Morgan fingerprint density at radius 3 is 2.60 bits per heavy atom. The summed E-state index contributed by atoms with van der Waals surface area (Å²) in [6, 6.07) is 8.84. The zero-order valence-electron chi connectivity index (χ0n) is 16.7. The quantitative estimate of drug-likeness (QED) is 0.397. The highest BCUT2D eigenvalue weighted by Crippen LogP contribution is 2.27. The number of fused-ring (bicyclic) bond motifs is 1. The SMILES string of the molecule is Cc1cnc(Cl)c2[nH]cc(C(=O)C(=O)N3CCN(C(=O)c4ccccc4)C(C)C3)c12. The number of hydrogen-bond donors (Lipinski definition) is 1. The minimum atomic E-state index is -0.596. The fourth-order valence-electron chi connectivity index (χ4n) is 3.91. The second-order valence-electron chi connectivity index (χ2n) is 7.48. The molecule has 1 aliphatic heterocycles. The molecule has 1 aliphatic rings. The highest BCUT2D eigenvalue weighted by atomic mass is 35.5. The topological polar surface area (TPSA) is 86.4 Å². The van der Waals surface area contributed by atoms with E-state index in [2.05, 4.69) is 9.97 Å². The van der Waals surface area contributed by atoms with Crippen molar-refractivity contribution in [2.45, 2.75) is 19.9 Å². The Balaban J connectivity index is 1.51. The number of ketones is 1. The van der Waals surface area contributed by atoms with E-state index < -0.39 is 11.7 Å². The van der Waals surface area contributed by atoms with Crippen molar-refractivity contribution in [2.75, 3.05) is 19.6 Å². The third-order valence-electron chi connectivity index (χ3n) is 5.49. The van der Waals surface area contributed by atoms with E-state index in [0.29, 0.717) is 36.1 Å². The number of piperazine rings is 1. The number of aromatic amines is 1. The number of pyridine rings is 1. The van der Waals surface area contributed by atoms with Crippen molar-refractivity contribution in [3.05, 3.63) is 64.6 Å². The number of Topliss-reactive ketones (excluding diaryl/α,β-unsaturated/α-hetero) is 1. The van der Waals surface area contributed by atoms with Gasteiger partial charge in [0.2, 0.25) is 0 Å².